The fraction of sp³-hybridized carbons (Fsp3) is 0.938. The highest BCUT2D eigenvalue weighted by Gasteiger charge is 2.40. The molecule has 0 amide bonds. The van der Waals surface area contributed by atoms with Gasteiger partial charge >= 0.3 is 5.97 Å². The quantitative estimate of drug-likeness (QED) is 0.468. The van der Waals surface area contributed by atoms with E-state index in [1.807, 2.05) is 13.8 Å². The number of methoxy groups -OCH3 is 1. The Bertz CT molecular complexity index is 291. The third kappa shape index (κ3) is 6.23. The van der Waals surface area contributed by atoms with Crippen LogP contribution in [0.2, 0.25) is 0 Å². The molecular formula is C16H31NO3. The van der Waals surface area contributed by atoms with Gasteiger partial charge in [0, 0.05) is 19.1 Å². The molecule has 118 valence electrons. The summed E-state index contributed by atoms with van der Waals surface area (Å²) < 4.78 is 10.8. The number of rotatable bonds is 11. The summed E-state index contributed by atoms with van der Waals surface area (Å²) in [6.45, 7) is 6.94. The van der Waals surface area contributed by atoms with E-state index < -0.39 is 5.54 Å². The second kappa shape index (κ2) is 8.63. The standard InChI is InChI=1S/C16H31NO3/c1-5-6-7-8-11-20-13(2)12-16(3,15(18)19-4)17-14-9-10-14/h13-14,17H,5-12H2,1-4H3. The minimum absolute atomic E-state index is 0.0620. The van der Waals surface area contributed by atoms with Crippen molar-refractivity contribution in [1.29, 1.82) is 0 Å². The van der Waals surface area contributed by atoms with Gasteiger partial charge < -0.3 is 9.47 Å². The second-order valence-electron chi connectivity index (χ2n) is 6.19. The van der Waals surface area contributed by atoms with Gasteiger partial charge in [-0.1, -0.05) is 26.2 Å². The van der Waals surface area contributed by atoms with Crippen LogP contribution in [0.25, 0.3) is 0 Å². The largest absolute Gasteiger partial charge is 0.468 e. The van der Waals surface area contributed by atoms with Crippen molar-refractivity contribution >= 4 is 5.97 Å². The van der Waals surface area contributed by atoms with E-state index in [0.717, 1.165) is 25.9 Å². The molecule has 1 rings (SSSR count). The van der Waals surface area contributed by atoms with Crippen molar-refractivity contribution in [2.45, 2.75) is 83.4 Å². The van der Waals surface area contributed by atoms with Crippen LogP contribution in [-0.2, 0) is 14.3 Å². The normalized spacial score (nSPS) is 19.4. The number of hydrogen-bond donors (Lipinski definition) is 1. The molecule has 0 radical (unpaired) electrons. The molecule has 0 aromatic heterocycles. The Morgan fingerprint density at radius 3 is 2.60 bits per heavy atom. The summed E-state index contributed by atoms with van der Waals surface area (Å²) in [5.74, 6) is -0.189. The molecule has 1 N–H and O–H groups in total. The van der Waals surface area contributed by atoms with E-state index in [-0.39, 0.29) is 12.1 Å². The minimum Gasteiger partial charge on any atom is -0.468 e. The molecule has 0 bridgehead atoms. The van der Waals surface area contributed by atoms with Crippen LogP contribution in [0.3, 0.4) is 0 Å². The summed E-state index contributed by atoms with van der Waals surface area (Å²) in [7, 11) is 1.45. The van der Waals surface area contributed by atoms with Crippen LogP contribution in [0, 0.1) is 0 Å². The van der Waals surface area contributed by atoms with Gasteiger partial charge in [-0.25, -0.2) is 0 Å². The molecule has 0 saturated heterocycles. The Balaban J connectivity index is 2.33. The lowest BCUT2D eigenvalue weighted by Crippen LogP contribution is -2.53. The number of carbonyl (C=O) groups excluding carboxylic acids is 1. The Labute approximate surface area is 123 Å². The highest BCUT2D eigenvalue weighted by Crippen LogP contribution is 2.26. The topological polar surface area (TPSA) is 47.6 Å². The van der Waals surface area contributed by atoms with E-state index >= 15 is 0 Å². The fourth-order valence-corrected chi connectivity index (χ4v) is 2.55. The summed E-state index contributed by atoms with van der Waals surface area (Å²) in [6.07, 6.45) is 7.84. The van der Waals surface area contributed by atoms with Crippen molar-refractivity contribution in [3.63, 3.8) is 0 Å². The maximum atomic E-state index is 12.0. The molecule has 4 heteroatoms. The first-order valence-corrected chi connectivity index (χ1v) is 7.99. The first-order chi connectivity index (χ1) is 9.51. The first-order valence-electron chi connectivity index (χ1n) is 7.99. The Morgan fingerprint density at radius 2 is 2.05 bits per heavy atom. The third-order valence-electron chi connectivity index (χ3n) is 3.83. The monoisotopic (exact) mass is 285 g/mol. The van der Waals surface area contributed by atoms with E-state index in [1.165, 1.54) is 26.4 Å². The Morgan fingerprint density at radius 1 is 1.35 bits per heavy atom. The maximum Gasteiger partial charge on any atom is 0.325 e. The van der Waals surface area contributed by atoms with Crippen LogP contribution in [-0.4, -0.2) is 37.4 Å². The molecule has 1 saturated carbocycles. The average molecular weight is 285 g/mol. The number of carbonyl (C=O) groups is 1. The van der Waals surface area contributed by atoms with Crippen molar-refractivity contribution in [3.8, 4) is 0 Å². The van der Waals surface area contributed by atoms with Crippen LogP contribution >= 0.6 is 0 Å². The lowest BCUT2D eigenvalue weighted by atomic mass is 9.94. The molecule has 1 fully saturated rings. The zero-order valence-corrected chi connectivity index (χ0v) is 13.5. The molecule has 0 heterocycles. The van der Waals surface area contributed by atoms with Gasteiger partial charge in [0.15, 0.2) is 0 Å². The van der Waals surface area contributed by atoms with Gasteiger partial charge in [-0.05, 0) is 33.1 Å². The summed E-state index contributed by atoms with van der Waals surface area (Å²) in [4.78, 5) is 12.0. The molecule has 1 aliphatic rings. The van der Waals surface area contributed by atoms with Gasteiger partial charge in [0.25, 0.3) is 0 Å². The predicted molar refractivity (Wildman–Crippen MR) is 80.8 cm³/mol. The Hall–Kier alpha value is -0.610. The van der Waals surface area contributed by atoms with Crippen molar-refractivity contribution < 1.29 is 14.3 Å². The molecule has 2 unspecified atom stereocenters. The van der Waals surface area contributed by atoms with Gasteiger partial charge in [-0.15, -0.1) is 0 Å². The van der Waals surface area contributed by atoms with Gasteiger partial charge in [0.1, 0.15) is 5.54 Å². The van der Waals surface area contributed by atoms with Crippen LogP contribution in [0.4, 0.5) is 0 Å². The van der Waals surface area contributed by atoms with Gasteiger partial charge in [-0.2, -0.15) is 0 Å². The molecule has 20 heavy (non-hydrogen) atoms. The minimum atomic E-state index is -0.626. The summed E-state index contributed by atoms with van der Waals surface area (Å²) in [5, 5.41) is 3.41. The van der Waals surface area contributed by atoms with E-state index in [9.17, 15) is 4.79 Å². The Kier molecular flexibility index (Phi) is 7.52. The van der Waals surface area contributed by atoms with E-state index in [1.54, 1.807) is 0 Å². The zero-order chi connectivity index (χ0) is 15.0. The lowest BCUT2D eigenvalue weighted by Gasteiger charge is -2.30. The van der Waals surface area contributed by atoms with E-state index in [0.29, 0.717) is 12.5 Å². The molecular weight excluding hydrogens is 254 g/mol. The summed E-state index contributed by atoms with van der Waals surface area (Å²) in [5.41, 5.74) is -0.626. The molecule has 0 aliphatic heterocycles. The van der Waals surface area contributed by atoms with E-state index in [2.05, 4.69) is 12.2 Å². The van der Waals surface area contributed by atoms with Crippen molar-refractivity contribution in [3.05, 3.63) is 0 Å². The van der Waals surface area contributed by atoms with Crippen LogP contribution in [0.15, 0.2) is 0 Å². The number of ether oxygens (including phenoxy) is 2. The molecule has 0 aromatic rings. The van der Waals surface area contributed by atoms with Crippen molar-refractivity contribution in [2.24, 2.45) is 0 Å². The van der Waals surface area contributed by atoms with Gasteiger partial charge in [0.2, 0.25) is 0 Å². The molecule has 0 aromatic carbocycles. The molecule has 2 atom stereocenters. The van der Waals surface area contributed by atoms with Crippen LogP contribution in [0.5, 0.6) is 0 Å². The lowest BCUT2D eigenvalue weighted by molar-refractivity contribution is -0.149. The fourth-order valence-electron chi connectivity index (χ4n) is 2.55. The highest BCUT2D eigenvalue weighted by atomic mass is 16.5. The summed E-state index contributed by atoms with van der Waals surface area (Å²) in [6, 6.07) is 0.468. The van der Waals surface area contributed by atoms with Crippen molar-refractivity contribution in [2.75, 3.05) is 13.7 Å². The van der Waals surface area contributed by atoms with Crippen LogP contribution < -0.4 is 5.32 Å². The number of unbranched alkanes of at least 4 members (excludes halogenated alkanes) is 3. The zero-order valence-electron chi connectivity index (χ0n) is 13.5. The van der Waals surface area contributed by atoms with Gasteiger partial charge in [0.05, 0.1) is 13.2 Å². The predicted octanol–water partition coefficient (Wildman–Crippen LogP) is 3.05. The molecule has 4 nitrogen and oxygen atoms in total. The first kappa shape index (κ1) is 17.4. The van der Waals surface area contributed by atoms with Crippen LogP contribution in [0.1, 0.15) is 65.7 Å². The summed E-state index contributed by atoms with van der Waals surface area (Å²) >= 11 is 0. The third-order valence-corrected chi connectivity index (χ3v) is 3.83. The molecule has 1 aliphatic carbocycles. The average Bonchev–Trinajstić information content (AvgIpc) is 3.21. The second-order valence-corrected chi connectivity index (χ2v) is 6.19. The SMILES string of the molecule is CCCCCCOC(C)CC(C)(NC1CC1)C(=O)OC. The molecule has 0 spiro atoms. The number of nitrogens with one attached hydrogen (secondary N) is 1. The number of hydrogen-bond acceptors (Lipinski definition) is 4. The van der Waals surface area contributed by atoms with Gasteiger partial charge in [-0.3, -0.25) is 10.1 Å². The van der Waals surface area contributed by atoms with Crippen molar-refractivity contribution in [1.82, 2.24) is 5.32 Å². The highest BCUT2D eigenvalue weighted by molar-refractivity contribution is 5.80. The maximum absolute atomic E-state index is 12.0. The smallest absolute Gasteiger partial charge is 0.325 e. The number of esters is 1. The van der Waals surface area contributed by atoms with E-state index in [4.69, 9.17) is 9.47 Å².